The van der Waals surface area contributed by atoms with Gasteiger partial charge in [0.15, 0.2) is 17.3 Å². The predicted octanol–water partition coefficient (Wildman–Crippen LogP) is 4.25. The van der Waals surface area contributed by atoms with Crippen molar-refractivity contribution in [3.05, 3.63) is 47.4 Å². The summed E-state index contributed by atoms with van der Waals surface area (Å²) in [7, 11) is 3.21. The standard InChI is InChI=1S/C21H27NO5/c1-14(22-21(23)19-11-9-17(27-19)13-24-2)15-8-10-18(20(12-15)25-3)26-16-6-4-5-7-16/h8-12,14,16H,4-7,13H2,1-3H3,(H,22,23). The number of carbonyl (C=O) groups excluding carboxylic acids is 1. The zero-order valence-electron chi connectivity index (χ0n) is 16.1. The van der Waals surface area contributed by atoms with Gasteiger partial charge in [-0.05, 0) is 62.4 Å². The molecule has 1 heterocycles. The zero-order chi connectivity index (χ0) is 19.2. The van der Waals surface area contributed by atoms with Crippen molar-refractivity contribution in [1.29, 1.82) is 0 Å². The Bertz CT molecular complexity index is 764. The topological polar surface area (TPSA) is 69.9 Å². The van der Waals surface area contributed by atoms with Crippen LogP contribution in [0.5, 0.6) is 11.5 Å². The molecule has 2 aromatic rings. The van der Waals surface area contributed by atoms with Gasteiger partial charge in [0.2, 0.25) is 0 Å². The number of amides is 1. The first-order valence-corrected chi connectivity index (χ1v) is 9.33. The highest BCUT2D eigenvalue weighted by Crippen LogP contribution is 2.33. The number of rotatable bonds is 8. The maximum Gasteiger partial charge on any atom is 0.287 e. The van der Waals surface area contributed by atoms with E-state index in [-0.39, 0.29) is 23.8 Å². The average molecular weight is 373 g/mol. The Morgan fingerprint density at radius 2 is 1.96 bits per heavy atom. The molecule has 1 amide bonds. The summed E-state index contributed by atoms with van der Waals surface area (Å²) in [5.74, 6) is 2.05. The molecule has 1 N–H and O–H groups in total. The van der Waals surface area contributed by atoms with E-state index in [2.05, 4.69) is 5.32 Å². The monoisotopic (exact) mass is 373 g/mol. The molecule has 0 radical (unpaired) electrons. The summed E-state index contributed by atoms with van der Waals surface area (Å²) < 4.78 is 22.0. The van der Waals surface area contributed by atoms with Crippen molar-refractivity contribution in [3.8, 4) is 11.5 Å². The number of ether oxygens (including phenoxy) is 3. The van der Waals surface area contributed by atoms with Crippen LogP contribution >= 0.6 is 0 Å². The first kappa shape index (κ1) is 19.3. The van der Waals surface area contributed by atoms with Crippen molar-refractivity contribution < 1.29 is 23.4 Å². The summed E-state index contributed by atoms with van der Waals surface area (Å²) >= 11 is 0. The van der Waals surface area contributed by atoms with E-state index in [4.69, 9.17) is 18.6 Å². The summed E-state index contributed by atoms with van der Waals surface area (Å²) in [5, 5.41) is 2.94. The van der Waals surface area contributed by atoms with E-state index in [1.807, 2.05) is 25.1 Å². The lowest BCUT2D eigenvalue weighted by atomic mass is 10.1. The number of methoxy groups -OCH3 is 2. The van der Waals surface area contributed by atoms with Crippen molar-refractivity contribution >= 4 is 5.91 Å². The molecular weight excluding hydrogens is 346 g/mol. The van der Waals surface area contributed by atoms with Crippen LogP contribution in [-0.4, -0.2) is 26.2 Å². The molecule has 1 aliphatic carbocycles. The fourth-order valence-electron chi connectivity index (χ4n) is 3.31. The van der Waals surface area contributed by atoms with E-state index in [9.17, 15) is 4.79 Å². The maximum absolute atomic E-state index is 12.4. The number of carbonyl (C=O) groups is 1. The molecule has 6 nitrogen and oxygen atoms in total. The van der Waals surface area contributed by atoms with Crippen molar-refractivity contribution in [2.75, 3.05) is 14.2 Å². The summed E-state index contributed by atoms with van der Waals surface area (Å²) in [6, 6.07) is 8.96. The van der Waals surface area contributed by atoms with E-state index in [1.165, 1.54) is 12.8 Å². The first-order valence-electron chi connectivity index (χ1n) is 9.33. The minimum absolute atomic E-state index is 0.206. The number of hydrogen-bond donors (Lipinski definition) is 1. The highest BCUT2D eigenvalue weighted by molar-refractivity contribution is 5.91. The molecule has 0 bridgehead atoms. The quantitative estimate of drug-likeness (QED) is 0.749. The van der Waals surface area contributed by atoms with Gasteiger partial charge in [-0.3, -0.25) is 4.79 Å². The summed E-state index contributed by atoms with van der Waals surface area (Å²) in [5.41, 5.74) is 0.933. The van der Waals surface area contributed by atoms with Crippen LogP contribution in [0.15, 0.2) is 34.7 Å². The van der Waals surface area contributed by atoms with Crippen molar-refractivity contribution in [2.45, 2.75) is 51.4 Å². The van der Waals surface area contributed by atoms with Gasteiger partial charge in [0.05, 0.1) is 19.3 Å². The first-order chi connectivity index (χ1) is 13.1. The van der Waals surface area contributed by atoms with Crippen LogP contribution in [0.1, 0.15) is 60.5 Å². The molecule has 1 aromatic heterocycles. The Hall–Kier alpha value is -2.47. The molecule has 1 aromatic carbocycles. The Morgan fingerprint density at radius 1 is 1.19 bits per heavy atom. The van der Waals surface area contributed by atoms with Gasteiger partial charge in [-0.2, -0.15) is 0 Å². The Balaban J connectivity index is 1.66. The van der Waals surface area contributed by atoms with Gasteiger partial charge in [0.25, 0.3) is 5.91 Å². The molecule has 0 saturated heterocycles. The molecule has 0 aliphatic heterocycles. The fraction of sp³-hybridized carbons (Fsp3) is 0.476. The van der Waals surface area contributed by atoms with Crippen LogP contribution in [0.4, 0.5) is 0 Å². The molecule has 1 saturated carbocycles. The number of hydrogen-bond acceptors (Lipinski definition) is 5. The average Bonchev–Trinajstić information content (AvgIpc) is 3.34. The van der Waals surface area contributed by atoms with Crippen LogP contribution in [-0.2, 0) is 11.3 Å². The summed E-state index contributed by atoms with van der Waals surface area (Å²) in [4.78, 5) is 12.4. The van der Waals surface area contributed by atoms with E-state index in [0.29, 0.717) is 18.1 Å². The second kappa shape index (κ2) is 8.95. The second-order valence-electron chi connectivity index (χ2n) is 6.83. The lowest BCUT2D eigenvalue weighted by Gasteiger charge is -2.19. The molecule has 0 spiro atoms. The van der Waals surface area contributed by atoms with Crippen LogP contribution in [0.3, 0.4) is 0 Å². The van der Waals surface area contributed by atoms with Gasteiger partial charge >= 0.3 is 0 Å². The van der Waals surface area contributed by atoms with E-state index < -0.39 is 0 Å². The van der Waals surface area contributed by atoms with E-state index in [0.717, 1.165) is 24.2 Å². The van der Waals surface area contributed by atoms with E-state index >= 15 is 0 Å². The van der Waals surface area contributed by atoms with Gasteiger partial charge < -0.3 is 23.9 Å². The Labute approximate surface area is 159 Å². The molecule has 146 valence electrons. The van der Waals surface area contributed by atoms with Crippen molar-refractivity contribution in [1.82, 2.24) is 5.32 Å². The Kier molecular flexibility index (Phi) is 6.40. The summed E-state index contributed by atoms with van der Waals surface area (Å²) in [6.45, 7) is 2.26. The number of benzene rings is 1. The predicted molar refractivity (Wildman–Crippen MR) is 101 cm³/mol. The number of nitrogens with one attached hydrogen (secondary N) is 1. The highest BCUT2D eigenvalue weighted by atomic mass is 16.5. The largest absolute Gasteiger partial charge is 0.493 e. The van der Waals surface area contributed by atoms with Crippen LogP contribution in [0.2, 0.25) is 0 Å². The molecular formula is C21H27NO5. The lowest BCUT2D eigenvalue weighted by molar-refractivity contribution is 0.0903. The van der Waals surface area contributed by atoms with Crippen LogP contribution in [0, 0.1) is 0 Å². The zero-order valence-corrected chi connectivity index (χ0v) is 16.1. The van der Waals surface area contributed by atoms with Crippen LogP contribution < -0.4 is 14.8 Å². The third-order valence-corrected chi connectivity index (χ3v) is 4.80. The molecule has 3 rings (SSSR count). The Morgan fingerprint density at radius 3 is 2.67 bits per heavy atom. The molecule has 1 atom stereocenters. The van der Waals surface area contributed by atoms with E-state index in [1.54, 1.807) is 26.4 Å². The highest BCUT2D eigenvalue weighted by Gasteiger charge is 2.20. The van der Waals surface area contributed by atoms with Crippen LogP contribution in [0.25, 0.3) is 0 Å². The smallest absolute Gasteiger partial charge is 0.287 e. The third-order valence-electron chi connectivity index (χ3n) is 4.80. The fourth-order valence-corrected chi connectivity index (χ4v) is 3.31. The normalized spacial score (nSPS) is 15.5. The molecule has 1 unspecified atom stereocenters. The van der Waals surface area contributed by atoms with Gasteiger partial charge in [-0.25, -0.2) is 0 Å². The maximum atomic E-state index is 12.4. The number of furan rings is 1. The third kappa shape index (κ3) is 4.83. The van der Waals surface area contributed by atoms with Gasteiger partial charge in [-0.15, -0.1) is 0 Å². The summed E-state index contributed by atoms with van der Waals surface area (Å²) in [6.07, 6.45) is 4.87. The van der Waals surface area contributed by atoms with Crippen molar-refractivity contribution in [2.24, 2.45) is 0 Å². The molecule has 1 fully saturated rings. The van der Waals surface area contributed by atoms with Gasteiger partial charge in [0, 0.05) is 7.11 Å². The molecule has 1 aliphatic rings. The van der Waals surface area contributed by atoms with Gasteiger partial charge in [-0.1, -0.05) is 6.07 Å². The van der Waals surface area contributed by atoms with Crippen molar-refractivity contribution in [3.63, 3.8) is 0 Å². The molecule has 6 heteroatoms. The van der Waals surface area contributed by atoms with Gasteiger partial charge in [0.1, 0.15) is 12.4 Å². The lowest BCUT2D eigenvalue weighted by Crippen LogP contribution is -2.26. The molecule has 27 heavy (non-hydrogen) atoms. The second-order valence-corrected chi connectivity index (χ2v) is 6.83. The SMILES string of the molecule is COCc1ccc(C(=O)NC(C)c2ccc(OC3CCCC3)c(OC)c2)o1. The minimum Gasteiger partial charge on any atom is -0.493 e. The minimum atomic E-state index is -0.268.